The Morgan fingerprint density at radius 3 is 2.59 bits per heavy atom. The van der Waals surface area contributed by atoms with Crippen molar-refractivity contribution >= 4 is 30.3 Å². The van der Waals surface area contributed by atoms with Crippen LogP contribution >= 0.6 is 12.4 Å². The van der Waals surface area contributed by atoms with E-state index in [4.69, 9.17) is 5.11 Å². The summed E-state index contributed by atoms with van der Waals surface area (Å²) in [5, 5.41) is 14.0. The highest BCUT2D eigenvalue weighted by atomic mass is 35.5. The normalized spacial score (nSPS) is 17.1. The van der Waals surface area contributed by atoms with Crippen molar-refractivity contribution in [2.24, 2.45) is 0 Å². The van der Waals surface area contributed by atoms with Crippen LogP contribution in [0.4, 0.5) is 4.79 Å². The molecule has 29 heavy (non-hydrogen) atoms. The number of carbonyl (C=O) groups excluding carboxylic acids is 2. The maximum atomic E-state index is 12.0. The molecule has 1 aliphatic rings. The number of carboxylic acid groups (broad SMARTS) is 1. The van der Waals surface area contributed by atoms with E-state index in [-0.39, 0.29) is 37.3 Å². The summed E-state index contributed by atoms with van der Waals surface area (Å²) in [5.41, 5.74) is 0.970. The van der Waals surface area contributed by atoms with Gasteiger partial charge in [0.25, 0.3) is 0 Å². The predicted molar refractivity (Wildman–Crippen MR) is 113 cm³/mol. The van der Waals surface area contributed by atoms with Crippen LogP contribution in [0.2, 0.25) is 0 Å². The number of hydrogen-bond acceptors (Lipinski definition) is 5. The highest BCUT2D eigenvalue weighted by molar-refractivity contribution is 5.94. The second-order valence-electron chi connectivity index (χ2n) is 7.20. The molecular formula is C20H31ClN4O4. The van der Waals surface area contributed by atoms with Gasteiger partial charge in [0.2, 0.25) is 5.91 Å². The largest absolute Gasteiger partial charge is 0.480 e. The van der Waals surface area contributed by atoms with E-state index in [2.05, 4.69) is 15.5 Å². The lowest BCUT2D eigenvalue weighted by molar-refractivity contribution is -0.138. The molecule has 0 aromatic heterocycles. The van der Waals surface area contributed by atoms with Gasteiger partial charge < -0.3 is 15.3 Å². The van der Waals surface area contributed by atoms with Crippen LogP contribution in [0.1, 0.15) is 31.2 Å². The van der Waals surface area contributed by atoms with Gasteiger partial charge in [-0.3, -0.25) is 19.8 Å². The number of rotatable bonds is 8. The molecule has 1 fully saturated rings. The minimum Gasteiger partial charge on any atom is -0.480 e. The number of urea groups is 1. The topological polar surface area (TPSA) is 102 Å². The van der Waals surface area contributed by atoms with Gasteiger partial charge in [-0.15, -0.1) is 12.4 Å². The second kappa shape index (κ2) is 13.1. The molecule has 0 saturated carbocycles. The minimum absolute atomic E-state index is 0. The zero-order chi connectivity index (χ0) is 20.4. The maximum Gasteiger partial charge on any atom is 0.321 e. The van der Waals surface area contributed by atoms with Gasteiger partial charge in [-0.05, 0) is 45.0 Å². The SMILES string of the molecule is CN(CC(=O)O)C1CCCN(CCC(=O)NC(=O)NCc2ccccc2)CC1.Cl. The summed E-state index contributed by atoms with van der Waals surface area (Å²) in [7, 11) is 1.84. The fourth-order valence-corrected chi connectivity index (χ4v) is 3.42. The molecule has 3 N–H and O–H groups in total. The van der Waals surface area contributed by atoms with E-state index in [1.54, 1.807) is 0 Å². The Bertz CT molecular complexity index is 659. The Morgan fingerprint density at radius 1 is 1.17 bits per heavy atom. The van der Waals surface area contributed by atoms with E-state index in [9.17, 15) is 14.4 Å². The Labute approximate surface area is 178 Å². The van der Waals surface area contributed by atoms with Gasteiger partial charge in [0, 0.05) is 25.6 Å². The number of hydrogen-bond donors (Lipinski definition) is 3. The average molecular weight is 427 g/mol. The first kappa shape index (κ1) is 24.9. The number of nitrogens with zero attached hydrogens (tertiary/aromatic N) is 2. The van der Waals surface area contributed by atoms with Crippen LogP contribution in [0.3, 0.4) is 0 Å². The van der Waals surface area contributed by atoms with E-state index >= 15 is 0 Å². The van der Waals surface area contributed by atoms with Crippen molar-refractivity contribution in [1.82, 2.24) is 20.4 Å². The molecule has 1 unspecified atom stereocenters. The fraction of sp³-hybridized carbons (Fsp3) is 0.550. The van der Waals surface area contributed by atoms with E-state index in [0.29, 0.717) is 13.1 Å². The molecule has 0 radical (unpaired) electrons. The van der Waals surface area contributed by atoms with E-state index in [0.717, 1.165) is 37.9 Å². The molecule has 1 aromatic rings. The van der Waals surface area contributed by atoms with E-state index in [1.807, 2.05) is 42.3 Å². The third kappa shape index (κ3) is 9.74. The molecule has 9 heteroatoms. The zero-order valence-electron chi connectivity index (χ0n) is 16.8. The number of nitrogens with one attached hydrogen (secondary N) is 2. The van der Waals surface area contributed by atoms with Crippen molar-refractivity contribution in [2.45, 2.75) is 38.3 Å². The Morgan fingerprint density at radius 2 is 1.90 bits per heavy atom. The van der Waals surface area contributed by atoms with Gasteiger partial charge in [-0.1, -0.05) is 30.3 Å². The highest BCUT2D eigenvalue weighted by Gasteiger charge is 2.22. The van der Waals surface area contributed by atoms with Crippen molar-refractivity contribution in [3.63, 3.8) is 0 Å². The number of benzene rings is 1. The van der Waals surface area contributed by atoms with Crippen LogP contribution in [0.25, 0.3) is 0 Å². The summed E-state index contributed by atoms with van der Waals surface area (Å²) in [5.74, 6) is -1.11. The van der Waals surface area contributed by atoms with Gasteiger partial charge in [0.15, 0.2) is 0 Å². The Kier molecular flexibility index (Phi) is 11.3. The number of halogens is 1. The number of carbonyl (C=O) groups is 3. The maximum absolute atomic E-state index is 12.0. The lowest BCUT2D eigenvalue weighted by Crippen LogP contribution is -2.40. The molecule has 1 saturated heterocycles. The lowest BCUT2D eigenvalue weighted by Gasteiger charge is -2.25. The predicted octanol–water partition coefficient (Wildman–Crippen LogP) is 1.70. The molecule has 162 valence electrons. The first-order valence-electron chi connectivity index (χ1n) is 9.70. The van der Waals surface area contributed by atoms with E-state index < -0.39 is 12.0 Å². The Balaban J connectivity index is 0.00000420. The molecule has 1 aromatic carbocycles. The number of likely N-dealkylation sites (N-methyl/N-ethyl adjacent to an activating group) is 1. The van der Waals surface area contributed by atoms with Crippen molar-refractivity contribution in [2.75, 3.05) is 33.2 Å². The number of aliphatic carboxylic acids is 1. The smallest absolute Gasteiger partial charge is 0.321 e. The average Bonchev–Trinajstić information content (AvgIpc) is 2.91. The van der Waals surface area contributed by atoms with Crippen LogP contribution in [0.15, 0.2) is 30.3 Å². The summed E-state index contributed by atoms with van der Waals surface area (Å²) >= 11 is 0. The van der Waals surface area contributed by atoms with E-state index in [1.165, 1.54) is 0 Å². The van der Waals surface area contributed by atoms with Crippen LogP contribution in [-0.4, -0.2) is 72.1 Å². The number of likely N-dealkylation sites (tertiary alicyclic amines) is 1. The first-order chi connectivity index (χ1) is 13.4. The highest BCUT2D eigenvalue weighted by Crippen LogP contribution is 2.15. The van der Waals surface area contributed by atoms with Gasteiger partial charge >= 0.3 is 12.0 Å². The summed E-state index contributed by atoms with van der Waals surface area (Å²) in [4.78, 5) is 38.8. The molecule has 2 rings (SSSR count). The standard InChI is InChI=1S/C20H30N4O4.ClH/c1-23(15-19(26)27)17-8-5-11-24(12-9-17)13-10-18(25)22-20(28)21-14-16-6-3-2-4-7-16;/h2-4,6-7,17H,5,8-15H2,1H3,(H,26,27)(H2,21,22,25,28);1H. The third-order valence-corrected chi connectivity index (χ3v) is 5.00. The van der Waals surface area contributed by atoms with Crippen molar-refractivity contribution in [3.05, 3.63) is 35.9 Å². The number of carboxylic acids is 1. The zero-order valence-corrected chi connectivity index (χ0v) is 17.6. The fourth-order valence-electron chi connectivity index (χ4n) is 3.42. The molecule has 8 nitrogen and oxygen atoms in total. The number of amides is 3. The summed E-state index contributed by atoms with van der Waals surface area (Å²) in [6, 6.07) is 9.27. The molecule has 1 aliphatic heterocycles. The first-order valence-corrected chi connectivity index (χ1v) is 9.70. The van der Waals surface area contributed by atoms with Gasteiger partial charge in [0.05, 0.1) is 6.54 Å². The quantitative estimate of drug-likeness (QED) is 0.584. The Hall–Kier alpha value is -2.16. The second-order valence-corrected chi connectivity index (χ2v) is 7.20. The van der Waals surface area contributed by atoms with Gasteiger partial charge in [-0.2, -0.15) is 0 Å². The third-order valence-electron chi connectivity index (χ3n) is 5.00. The number of imide groups is 1. The van der Waals surface area contributed by atoms with Gasteiger partial charge in [0.1, 0.15) is 0 Å². The summed E-state index contributed by atoms with van der Waals surface area (Å²) in [6.45, 7) is 2.71. The van der Waals surface area contributed by atoms with Crippen molar-refractivity contribution in [3.8, 4) is 0 Å². The van der Waals surface area contributed by atoms with Crippen LogP contribution < -0.4 is 10.6 Å². The molecule has 0 spiro atoms. The molecule has 3 amide bonds. The summed E-state index contributed by atoms with van der Waals surface area (Å²) in [6.07, 6.45) is 3.06. The molecule has 1 atom stereocenters. The van der Waals surface area contributed by atoms with Gasteiger partial charge in [-0.25, -0.2) is 4.79 Å². The molecule has 1 heterocycles. The van der Waals surface area contributed by atoms with Crippen LogP contribution in [0.5, 0.6) is 0 Å². The monoisotopic (exact) mass is 426 g/mol. The van der Waals surface area contributed by atoms with Crippen molar-refractivity contribution < 1.29 is 19.5 Å². The van der Waals surface area contributed by atoms with Crippen molar-refractivity contribution in [1.29, 1.82) is 0 Å². The molecule has 0 bridgehead atoms. The minimum atomic E-state index is -0.814. The molecule has 0 aliphatic carbocycles. The lowest BCUT2D eigenvalue weighted by atomic mass is 10.1. The van der Waals surface area contributed by atoms with Crippen LogP contribution in [0, 0.1) is 0 Å². The summed E-state index contributed by atoms with van der Waals surface area (Å²) < 4.78 is 0. The van der Waals surface area contributed by atoms with Crippen LogP contribution in [-0.2, 0) is 16.1 Å². The molecular weight excluding hydrogens is 396 g/mol.